The third-order valence-corrected chi connectivity index (χ3v) is 20.4. The van der Waals surface area contributed by atoms with Crippen LogP contribution in [0.1, 0.15) is 112 Å². The molecular formula is C56H80O21. The first-order valence-corrected chi connectivity index (χ1v) is 27.2. The summed E-state index contributed by atoms with van der Waals surface area (Å²) in [7, 11) is 0. The van der Waals surface area contributed by atoms with Gasteiger partial charge in [0.2, 0.25) is 6.29 Å². The number of allylic oxidation sites excluding steroid dienone is 2. The molecule has 1 aromatic carbocycles. The number of aliphatic hydroxyl groups excluding tert-OH is 9. The van der Waals surface area contributed by atoms with Crippen LogP contribution in [0.3, 0.4) is 0 Å². The number of rotatable bonds is 11. The van der Waals surface area contributed by atoms with Crippen molar-refractivity contribution in [1.29, 1.82) is 0 Å². The van der Waals surface area contributed by atoms with Crippen molar-refractivity contribution < 1.29 is 104 Å². The van der Waals surface area contributed by atoms with Crippen LogP contribution in [0.2, 0.25) is 0 Å². The number of aliphatic carboxylic acids is 1. The summed E-state index contributed by atoms with van der Waals surface area (Å²) in [5.74, 6) is -3.66. The van der Waals surface area contributed by atoms with E-state index in [4.69, 9.17) is 33.2 Å². The van der Waals surface area contributed by atoms with E-state index in [2.05, 4.69) is 54.5 Å². The molecule has 4 saturated carbocycles. The lowest BCUT2D eigenvalue weighted by molar-refractivity contribution is -0.347. The van der Waals surface area contributed by atoms with E-state index in [0.717, 1.165) is 24.5 Å². The van der Waals surface area contributed by atoms with Gasteiger partial charge in [-0.3, -0.25) is 4.79 Å². The molecule has 1 unspecified atom stereocenters. The quantitative estimate of drug-likeness (QED) is 0.0651. The average Bonchev–Trinajstić information content (AvgIpc) is 3.43. The summed E-state index contributed by atoms with van der Waals surface area (Å²) in [4.78, 5) is 41.2. The standard InChI is InChI=1S/C56H80O21/c1-51(2)20-21-56(50(70)77-49-45(74-36(61)15-10-26-8-11-27(58)12-9-26)43(30(59)25-71-49)75-47-41(66)38(63)37(62)31(24-57)72-47)29(22-51)28-13-14-33-53(5)18-17-35(73-48-42(67)39(64)40(65)44(76-48)46(68)69)52(3,4)32(53)16-19-54(33,6)55(28,7)23-34(56)60/h8-13,15,29-35,37-45,47-49,57-60,62-67H,14,16-25H2,1-7H3,(H,68,69)/t29?,30-,31-,32+,33-,34-,35+,37-,38+,39+,40+,41-,42-,43+,44+,45-,47-,48+,49-,53+,54-,55-,56-/m1/s1. The van der Waals surface area contributed by atoms with Gasteiger partial charge in [0.25, 0.3) is 0 Å². The van der Waals surface area contributed by atoms with Crippen LogP contribution in [-0.2, 0) is 47.5 Å². The van der Waals surface area contributed by atoms with Crippen molar-refractivity contribution in [2.75, 3.05) is 13.2 Å². The molecule has 1 aromatic rings. The Morgan fingerprint density at radius 1 is 0.714 bits per heavy atom. The van der Waals surface area contributed by atoms with Gasteiger partial charge in [0.1, 0.15) is 66.1 Å². The van der Waals surface area contributed by atoms with Gasteiger partial charge in [-0.15, -0.1) is 0 Å². The van der Waals surface area contributed by atoms with Gasteiger partial charge in [-0.1, -0.05) is 72.2 Å². The number of hydrogen-bond donors (Lipinski definition) is 11. The number of carbonyl (C=O) groups is 3. The smallest absolute Gasteiger partial charge is 0.335 e. The minimum absolute atomic E-state index is 0.00123. The molecule has 0 aromatic heterocycles. The highest BCUT2D eigenvalue weighted by molar-refractivity contribution is 5.87. The molecule has 0 bridgehead atoms. The number of ether oxygens (including phenoxy) is 7. The van der Waals surface area contributed by atoms with Gasteiger partial charge in [-0.05, 0) is 126 Å². The minimum Gasteiger partial charge on any atom is -0.508 e. The molecule has 9 rings (SSSR count). The van der Waals surface area contributed by atoms with Gasteiger partial charge in [-0.2, -0.15) is 0 Å². The Balaban J connectivity index is 1.00. The minimum atomic E-state index is -1.91. The first-order valence-electron chi connectivity index (χ1n) is 27.2. The Kier molecular flexibility index (Phi) is 15.8. The third-order valence-electron chi connectivity index (χ3n) is 20.4. The molecule has 3 saturated heterocycles. The van der Waals surface area contributed by atoms with Gasteiger partial charge < -0.3 is 89.3 Å². The molecule has 77 heavy (non-hydrogen) atoms. The van der Waals surface area contributed by atoms with Crippen LogP contribution >= 0.6 is 0 Å². The normalized spacial score (nSPS) is 47.3. The summed E-state index contributed by atoms with van der Waals surface area (Å²) in [5.41, 5.74) is -2.05. The summed E-state index contributed by atoms with van der Waals surface area (Å²) in [6.45, 7) is 14.0. The van der Waals surface area contributed by atoms with Crippen molar-refractivity contribution in [2.24, 2.45) is 50.2 Å². The highest BCUT2D eigenvalue weighted by atomic mass is 16.8. The van der Waals surface area contributed by atoms with Crippen LogP contribution in [0.5, 0.6) is 5.75 Å². The number of carbonyl (C=O) groups excluding carboxylic acids is 2. The van der Waals surface area contributed by atoms with Crippen molar-refractivity contribution >= 4 is 24.0 Å². The van der Waals surface area contributed by atoms with Crippen molar-refractivity contribution in [3.8, 4) is 5.75 Å². The van der Waals surface area contributed by atoms with Crippen molar-refractivity contribution in [1.82, 2.24) is 0 Å². The van der Waals surface area contributed by atoms with Gasteiger partial charge in [0.05, 0.1) is 25.4 Å². The molecule has 21 nitrogen and oxygen atoms in total. The fourth-order valence-electron chi connectivity index (χ4n) is 15.9. The van der Waals surface area contributed by atoms with E-state index in [9.17, 15) is 65.8 Å². The Morgan fingerprint density at radius 2 is 1.38 bits per heavy atom. The summed E-state index contributed by atoms with van der Waals surface area (Å²) in [6, 6.07) is 5.92. The number of fused-ring (bicyclic) bond motifs is 7. The fourth-order valence-corrected chi connectivity index (χ4v) is 15.9. The Labute approximate surface area is 447 Å². The highest BCUT2D eigenvalue weighted by Crippen LogP contribution is 2.76. The van der Waals surface area contributed by atoms with Crippen molar-refractivity contribution in [2.45, 2.75) is 204 Å². The number of benzene rings is 1. The first-order chi connectivity index (χ1) is 36.0. The Hall–Kier alpha value is -3.65. The number of phenolic OH excluding ortho intramolecular Hbond substituents is 1. The van der Waals surface area contributed by atoms with E-state index < -0.39 is 157 Å². The monoisotopic (exact) mass is 1090 g/mol. The number of carboxylic acids is 1. The lowest BCUT2D eigenvalue weighted by Gasteiger charge is -2.71. The second-order valence-electron chi connectivity index (χ2n) is 25.5. The summed E-state index contributed by atoms with van der Waals surface area (Å²) in [5, 5.41) is 118. The van der Waals surface area contributed by atoms with E-state index in [0.29, 0.717) is 37.7 Å². The van der Waals surface area contributed by atoms with E-state index in [1.54, 1.807) is 12.1 Å². The van der Waals surface area contributed by atoms with E-state index in [-0.39, 0.29) is 41.3 Å². The molecule has 8 aliphatic rings. The van der Waals surface area contributed by atoms with Gasteiger partial charge in [0.15, 0.2) is 24.8 Å². The molecule has 11 N–H and O–H groups in total. The van der Waals surface area contributed by atoms with Crippen molar-refractivity contribution in [3.63, 3.8) is 0 Å². The average molecular weight is 1090 g/mol. The maximum Gasteiger partial charge on any atom is 0.335 e. The Morgan fingerprint density at radius 3 is 2.04 bits per heavy atom. The lowest BCUT2D eigenvalue weighted by Crippen LogP contribution is -2.68. The molecule has 7 fully saturated rings. The maximum atomic E-state index is 15.5. The van der Waals surface area contributed by atoms with Crippen LogP contribution in [0, 0.1) is 50.2 Å². The summed E-state index contributed by atoms with van der Waals surface area (Å²) < 4.78 is 41.9. The zero-order chi connectivity index (χ0) is 56.1. The molecule has 21 heteroatoms. The number of hydrogen-bond acceptors (Lipinski definition) is 20. The van der Waals surface area contributed by atoms with E-state index >= 15 is 4.79 Å². The van der Waals surface area contributed by atoms with Crippen LogP contribution in [0.25, 0.3) is 6.08 Å². The predicted octanol–water partition coefficient (Wildman–Crippen LogP) is 1.81. The molecule has 430 valence electrons. The number of aliphatic hydroxyl groups is 9. The number of carboxylic acid groups (broad SMARTS) is 1. The second-order valence-corrected chi connectivity index (χ2v) is 25.5. The van der Waals surface area contributed by atoms with Gasteiger partial charge in [0, 0.05) is 6.08 Å². The highest BCUT2D eigenvalue weighted by Gasteiger charge is 2.72. The molecule has 3 aliphatic heterocycles. The first kappa shape index (κ1) is 58.0. The Bertz CT molecular complexity index is 2410. The largest absolute Gasteiger partial charge is 0.508 e. The molecule has 0 amide bonds. The third kappa shape index (κ3) is 9.78. The molecule has 0 radical (unpaired) electrons. The fraction of sp³-hybridized carbons (Fsp3) is 0.768. The number of aromatic hydroxyl groups is 1. The van der Waals surface area contributed by atoms with Gasteiger partial charge >= 0.3 is 17.9 Å². The molecule has 23 atom stereocenters. The second kappa shape index (κ2) is 21.0. The van der Waals surface area contributed by atoms with Crippen LogP contribution < -0.4 is 0 Å². The maximum absolute atomic E-state index is 15.5. The SMILES string of the molecule is CC1(C)CC[C@@]2(C(=O)O[C@H]3OC[C@@H](O)[C@H](O[C@H]4O[C@H](CO)[C@@H](O)[C@H](O)[C@H]4O)[C@H]3OC(=O)C=Cc3ccc(O)cc3)C(C1)C1=CC[C@@H]3[C@@]4(C)CC[C@H](O[C@H]5O[C@H](C(=O)O)[C@@H](O)[C@H](O)[C@H]5O)C(C)(C)[C@@H]4CC[C@@]3(C)[C@]1(C)C[C@H]2O. The van der Waals surface area contributed by atoms with E-state index in [1.807, 2.05) is 0 Å². The predicted molar refractivity (Wildman–Crippen MR) is 267 cm³/mol. The van der Waals surface area contributed by atoms with Crippen LogP contribution in [0.15, 0.2) is 42.0 Å². The zero-order valence-corrected chi connectivity index (χ0v) is 44.8. The summed E-state index contributed by atoms with van der Waals surface area (Å²) >= 11 is 0. The molecular weight excluding hydrogens is 1010 g/mol. The summed E-state index contributed by atoms with van der Waals surface area (Å²) in [6.07, 6.45) is -16.2. The number of esters is 2. The molecule has 3 heterocycles. The van der Waals surface area contributed by atoms with Crippen LogP contribution in [0.4, 0.5) is 0 Å². The molecule has 5 aliphatic carbocycles. The number of phenols is 1. The van der Waals surface area contributed by atoms with Gasteiger partial charge in [-0.25, -0.2) is 9.59 Å². The molecule has 0 spiro atoms. The van der Waals surface area contributed by atoms with E-state index in [1.165, 1.54) is 18.2 Å². The zero-order valence-electron chi connectivity index (χ0n) is 44.8. The van der Waals surface area contributed by atoms with Crippen LogP contribution in [-0.4, -0.2) is 186 Å². The van der Waals surface area contributed by atoms with Crippen molar-refractivity contribution in [3.05, 3.63) is 47.6 Å². The lowest BCUT2D eigenvalue weighted by atomic mass is 9.33. The topological polar surface area (TPSA) is 338 Å².